The summed E-state index contributed by atoms with van der Waals surface area (Å²) < 4.78 is 65.7. The molecule has 6 N–H and O–H groups in total. The van der Waals surface area contributed by atoms with Crippen LogP contribution in [0.1, 0.15) is 17.5 Å². The van der Waals surface area contributed by atoms with Crippen LogP contribution in [-0.2, 0) is 32.2 Å². The zero-order valence-corrected chi connectivity index (χ0v) is 22.9. The molecule has 10 nitrogen and oxygen atoms in total. The van der Waals surface area contributed by atoms with E-state index < -0.39 is 51.4 Å². The molecule has 0 radical (unpaired) electrons. The molecule has 0 aliphatic heterocycles. The number of nitrogens with one attached hydrogen (secondary N) is 2. The van der Waals surface area contributed by atoms with Crippen molar-refractivity contribution < 1.29 is 31.2 Å². The summed E-state index contributed by atoms with van der Waals surface area (Å²) in [6.45, 7) is 3.80. The second kappa shape index (κ2) is 13.8. The number of para-hydroxylation sites is 1. The van der Waals surface area contributed by atoms with E-state index >= 15 is 0 Å². The third-order valence-corrected chi connectivity index (χ3v) is 8.05. The highest BCUT2D eigenvalue weighted by Crippen LogP contribution is 2.29. The Morgan fingerprint density at radius 2 is 1.73 bits per heavy atom. The van der Waals surface area contributed by atoms with E-state index in [0.717, 1.165) is 21.8 Å². The topological polar surface area (TPSA) is 161 Å². The van der Waals surface area contributed by atoms with Gasteiger partial charge in [-0.15, -0.1) is 0 Å². The molecule has 3 rings (SSSR count). The van der Waals surface area contributed by atoms with Crippen LogP contribution < -0.4 is 22.1 Å². The van der Waals surface area contributed by atoms with Gasteiger partial charge in [0.1, 0.15) is 6.04 Å². The van der Waals surface area contributed by atoms with Gasteiger partial charge in [-0.25, -0.2) is 8.42 Å². The molecule has 0 bridgehead atoms. The van der Waals surface area contributed by atoms with Gasteiger partial charge in [0.05, 0.1) is 54.6 Å². The number of amides is 2. The molecule has 41 heavy (non-hydrogen) atoms. The molecule has 2 unspecified atom stereocenters. The predicted molar refractivity (Wildman–Crippen MR) is 150 cm³/mol. The highest BCUT2D eigenvalue weighted by molar-refractivity contribution is 7.89. The van der Waals surface area contributed by atoms with Crippen LogP contribution in [0.3, 0.4) is 0 Å². The van der Waals surface area contributed by atoms with Crippen LogP contribution in [0.4, 0.5) is 18.9 Å². The first-order valence-corrected chi connectivity index (χ1v) is 14.3. The van der Waals surface area contributed by atoms with E-state index in [4.69, 9.17) is 11.5 Å². The lowest BCUT2D eigenvalue weighted by atomic mass is 10.0. The van der Waals surface area contributed by atoms with Crippen LogP contribution in [-0.4, -0.2) is 67.0 Å². The molecule has 2 atom stereocenters. The summed E-state index contributed by atoms with van der Waals surface area (Å²) in [5, 5.41) is 5.85. The lowest BCUT2D eigenvalue weighted by molar-refractivity contribution is -0.137. The molecular formula is C27H32F3N6O4S+. The second-order valence-electron chi connectivity index (χ2n) is 9.29. The number of nitrogens with zero attached hydrogens (tertiary/aromatic N) is 2. The van der Waals surface area contributed by atoms with Crippen LogP contribution >= 0.6 is 0 Å². The molecule has 0 spiro atoms. The zero-order chi connectivity index (χ0) is 30.2. The third kappa shape index (κ3) is 8.88. The highest BCUT2D eigenvalue weighted by atomic mass is 32.2. The van der Waals surface area contributed by atoms with Crippen molar-refractivity contribution in [1.29, 1.82) is 0 Å². The molecule has 0 fully saturated rings. The van der Waals surface area contributed by atoms with Gasteiger partial charge < -0.3 is 22.1 Å². The summed E-state index contributed by atoms with van der Waals surface area (Å²) in [6.07, 6.45) is -3.04. The lowest BCUT2D eigenvalue weighted by Gasteiger charge is -2.24. The first-order chi connectivity index (χ1) is 19.3. The third-order valence-electron chi connectivity index (χ3n) is 6.12. The van der Waals surface area contributed by atoms with Crippen molar-refractivity contribution in [2.45, 2.75) is 31.1 Å². The van der Waals surface area contributed by atoms with Crippen molar-refractivity contribution in [2.24, 2.45) is 11.5 Å². The zero-order valence-electron chi connectivity index (χ0n) is 22.1. The van der Waals surface area contributed by atoms with Gasteiger partial charge in [-0.1, -0.05) is 30.3 Å². The number of alkyl halides is 3. The van der Waals surface area contributed by atoms with E-state index in [2.05, 4.69) is 22.5 Å². The van der Waals surface area contributed by atoms with Crippen molar-refractivity contribution in [3.63, 3.8) is 0 Å². The van der Waals surface area contributed by atoms with Gasteiger partial charge in [0.15, 0.2) is 0 Å². The number of fused-ring (bicyclic) bond motifs is 1. The summed E-state index contributed by atoms with van der Waals surface area (Å²) in [5.74, 6) is -2.38. The molecular weight excluding hydrogens is 561 g/mol. The molecule has 0 saturated heterocycles. The van der Waals surface area contributed by atoms with E-state index in [1.807, 2.05) is 0 Å². The first-order valence-electron chi connectivity index (χ1n) is 12.7. The maximum atomic E-state index is 13.3. The van der Waals surface area contributed by atoms with Crippen molar-refractivity contribution in [1.82, 2.24) is 14.6 Å². The number of pyridine rings is 1. The molecule has 1 aromatic heterocycles. The van der Waals surface area contributed by atoms with Gasteiger partial charge >= 0.3 is 6.18 Å². The maximum absolute atomic E-state index is 13.3. The quantitative estimate of drug-likeness (QED) is 0.221. The molecule has 2 aromatic carbocycles. The molecule has 3 aromatic rings. The number of hydrogen-bond donors (Lipinski definition) is 4. The molecule has 0 saturated carbocycles. The number of aromatic nitrogens is 1. The van der Waals surface area contributed by atoms with E-state index in [0.29, 0.717) is 16.8 Å². The summed E-state index contributed by atoms with van der Waals surface area (Å²) in [4.78, 5) is 30.5. The fourth-order valence-corrected chi connectivity index (χ4v) is 5.65. The highest BCUT2D eigenvalue weighted by Gasteiger charge is 2.32. The Hall–Kier alpha value is -3.72. The minimum Gasteiger partial charge on any atom is -0.343 e. The minimum atomic E-state index is -4.55. The summed E-state index contributed by atoms with van der Waals surface area (Å²) >= 11 is 0. The average molecular weight is 594 g/mol. The molecule has 220 valence electrons. The van der Waals surface area contributed by atoms with Gasteiger partial charge in [-0.3, -0.25) is 14.6 Å². The fourth-order valence-electron chi connectivity index (χ4n) is 4.04. The Morgan fingerprint density at radius 3 is 2.37 bits per heavy atom. The monoisotopic (exact) mass is 593 g/mol. The van der Waals surface area contributed by atoms with Crippen molar-refractivity contribution in [3.8, 4) is 0 Å². The second-order valence-corrected chi connectivity index (χ2v) is 11.3. The number of carbonyl (C=O) groups is 2. The Balaban J connectivity index is 1.81. The number of benzene rings is 2. The van der Waals surface area contributed by atoms with Gasteiger partial charge in [0.2, 0.25) is 21.8 Å². The predicted octanol–water partition coefficient (Wildman–Crippen LogP) is 2.06. The van der Waals surface area contributed by atoms with Crippen LogP contribution in [0, 0.1) is 6.92 Å². The van der Waals surface area contributed by atoms with E-state index in [9.17, 15) is 31.2 Å². The lowest BCUT2D eigenvalue weighted by Crippen LogP contribution is -2.54. The van der Waals surface area contributed by atoms with Gasteiger partial charge in [-0.2, -0.15) is 17.5 Å². The molecule has 0 aliphatic carbocycles. The number of rotatable bonds is 13. The first kappa shape index (κ1) is 31.8. The van der Waals surface area contributed by atoms with Crippen molar-refractivity contribution in [3.05, 3.63) is 78.8 Å². The summed E-state index contributed by atoms with van der Waals surface area (Å²) in [5.41, 5.74) is 11.9. The van der Waals surface area contributed by atoms with Gasteiger partial charge in [-0.05, 0) is 29.8 Å². The van der Waals surface area contributed by atoms with Crippen LogP contribution in [0.2, 0.25) is 0 Å². The molecule has 0 aliphatic rings. The number of anilines is 1. The Kier molecular flexibility index (Phi) is 10.7. The molecule has 1 heterocycles. The Morgan fingerprint density at radius 1 is 1.05 bits per heavy atom. The van der Waals surface area contributed by atoms with E-state index in [1.165, 1.54) is 18.3 Å². The standard InChI is InChI=1S/C27H31F3N6O4S/c1-2-12-36(13-11-31)41(39,40)17-22(32)25(37)35-24(14-18-7-9-20(10-8-18)27(28,29)30)26(38)34-21-15-19-5-3-4-6-23(19)33-16-21/h3-10,15-16,22,24H,1-2,11-14,17,31-32H2,(H-,34,35,37,38)/p+1. The van der Waals surface area contributed by atoms with Crippen LogP contribution in [0.25, 0.3) is 10.9 Å². The number of nitrogens with two attached hydrogens (primary N) is 2. The van der Waals surface area contributed by atoms with E-state index in [-0.39, 0.29) is 32.5 Å². The molecule has 14 heteroatoms. The minimum absolute atomic E-state index is 0.0188. The van der Waals surface area contributed by atoms with Crippen molar-refractivity contribution in [2.75, 3.05) is 30.7 Å². The normalized spacial score (nSPS) is 13.6. The Labute approximate surface area is 236 Å². The van der Waals surface area contributed by atoms with Gasteiger partial charge in [0.25, 0.3) is 0 Å². The van der Waals surface area contributed by atoms with E-state index in [1.54, 1.807) is 30.3 Å². The number of sulfonamides is 1. The largest absolute Gasteiger partial charge is 0.416 e. The van der Waals surface area contributed by atoms with Crippen molar-refractivity contribution >= 4 is 38.4 Å². The van der Waals surface area contributed by atoms with Gasteiger partial charge in [0, 0.05) is 24.9 Å². The van der Waals surface area contributed by atoms with Crippen LogP contribution in [0.5, 0.6) is 0 Å². The summed E-state index contributed by atoms with van der Waals surface area (Å²) in [7, 11) is -3.98. The summed E-state index contributed by atoms with van der Waals surface area (Å²) in [6, 6.07) is 10.1. The smallest absolute Gasteiger partial charge is 0.343 e. The molecule has 2 amide bonds. The number of hydrogen-bond acceptors (Lipinski definition) is 7. The number of halogens is 3. The average Bonchev–Trinajstić information content (AvgIpc) is 2.92. The number of carbonyl (C=O) groups excluding carboxylic acids is 2. The SMILES string of the molecule is [CH2+]CCN(CCN)S(=O)(=O)CC(N)C(=O)NC(Cc1ccc(C(F)(F)F)cc1)C(=O)Nc1cnc2ccccc2c1. The maximum Gasteiger partial charge on any atom is 0.416 e. The van der Waals surface area contributed by atoms with Crippen LogP contribution in [0.15, 0.2) is 60.8 Å². The fraction of sp³-hybridized carbons (Fsp3) is 0.333. The Bertz CT molecular complexity index is 1450.